The van der Waals surface area contributed by atoms with Gasteiger partial charge in [-0.05, 0) is 37.0 Å². The van der Waals surface area contributed by atoms with Gasteiger partial charge < -0.3 is 11.1 Å². The molecule has 1 saturated carbocycles. The fourth-order valence-corrected chi connectivity index (χ4v) is 2.79. The van der Waals surface area contributed by atoms with Gasteiger partial charge in [-0.1, -0.05) is 29.3 Å². The zero-order valence-corrected chi connectivity index (χ0v) is 11.5. The Morgan fingerprint density at radius 1 is 1.47 bits per heavy atom. The van der Waals surface area contributed by atoms with Crippen molar-refractivity contribution in [2.45, 2.75) is 26.2 Å². The average molecular weight is 297 g/mol. The molecule has 3 nitrogen and oxygen atoms in total. The van der Waals surface area contributed by atoms with Gasteiger partial charge in [0.15, 0.2) is 0 Å². The van der Waals surface area contributed by atoms with Gasteiger partial charge in [-0.3, -0.25) is 4.79 Å². The summed E-state index contributed by atoms with van der Waals surface area (Å²) in [6.45, 7) is 2.14. The minimum Gasteiger partial charge on any atom is -0.397 e. The predicted octanol–water partition coefficient (Wildman–Crippen LogP) is 3.41. The Kier molecular flexibility index (Phi) is 3.72. The molecule has 1 aromatic carbocycles. The SMILES string of the molecule is CC1CCCC1C(=O)Nc1ccc(Br)cc1N. The van der Waals surface area contributed by atoms with Crippen LogP contribution in [0.3, 0.4) is 0 Å². The topological polar surface area (TPSA) is 55.1 Å². The number of nitrogens with two attached hydrogens (primary N) is 1. The van der Waals surface area contributed by atoms with Gasteiger partial charge in [0.25, 0.3) is 0 Å². The highest BCUT2D eigenvalue weighted by atomic mass is 79.9. The van der Waals surface area contributed by atoms with Crippen molar-refractivity contribution in [2.75, 3.05) is 11.1 Å². The maximum Gasteiger partial charge on any atom is 0.227 e. The number of nitrogen functional groups attached to an aromatic ring is 1. The van der Waals surface area contributed by atoms with Gasteiger partial charge in [0, 0.05) is 10.4 Å². The summed E-state index contributed by atoms with van der Waals surface area (Å²) in [5, 5.41) is 2.92. The third kappa shape index (κ3) is 2.80. The maximum absolute atomic E-state index is 12.1. The number of carbonyl (C=O) groups is 1. The first kappa shape index (κ1) is 12.4. The standard InChI is InChI=1S/C13H17BrN2O/c1-8-3-2-4-10(8)13(17)16-12-6-5-9(14)7-11(12)15/h5-8,10H,2-4,15H2,1H3,(H,16,17). The molecule has 0 saturated heterocycles. The lowest BCUT2D eigenvalue weighted by molar-refractivity contribution is -0.120. The summed E-state index contributed by atoms with van der Waals surface area (Å²) in [4.78, 5) is 12.1. The molecule has 1 aliphatic rings. The molecule has 0 spiro atoms. The Hall–Kier alpha value is -1.03. The summed E-state index contributed by atoms with van der Waals surface area (Å²) in [6.07, 6.45) is 3.28. The number of carbonyl (C=O) groups excluding carboxylic acids is 1. The molecule has 3 N–H and O–H groups in total. The highest BCUT2D eigenvalue weighted by Gasteiger charge is 2.29. The lowest BCUT2D eigenvalue weighted by atomic mass is 9.97. The largest absolute Gasteiger partial charge is 0.397 e. The number of hydrogen-bond acceptors (Lipinski definition) is 2. The van der Waals surface area contributed by atoms with E-state index in [1.807, 2.05) is 12.1 Å². The smallest absolute Gasteiger partial charge is 0.227 e. The molecule has 4 heteroatoms. The highest BCUT2D eigenvalue weighted by molar-refractivity contribution is 9.10. The monoisotopic (exact) mass is 296 g/mol. The molecule has 0 aliphatic heterocycles. The van der Waals surface area contributed by atoms with Crippen LogP contribution in [0.15, 0.2) is 22.7 Å². The fourth-order valence-electron chi connectivity index (χ4n) is 2.41. The zero-order valence-electron chi connectivity index (χ0n) is 9.87. The molecular formula is C13H17BrN2O. The van der Waals surface area contributed by atoms with Crippen LogP contribution in [0, 0.1) is 11.8 Å². The molecule has 2 atom stereocenters. The molecule has 1 aliphatic carbocycles. The van der Waals surface area contributed by atoms with Crippen molar-refractivity contribution in [1.29, 1.82) is 0 Å². The van der Waals surface area contributed by atoms with Crippen molar-refractivity contribution in [3.05, 3.63) is 22.7 Å². The predicted molar refractivity (Wildman–Crippen MR) is 73.7 cm³/mol. The number of benzene rings is 1. The first-order valence-corrected chi connectivity index (χ1v) is 6.73. The number of halogens is 1. The maximum atomic E-state index is 12.1. The van der Waals surface area contributed by atoms with Crippen molar-refractivity contribution >= 4 is 33.2 Å². The normalized spacial score (nSPS) is 23.6. The molecule has 0 bridgehead atoms. The average Bonchev–Trinajstić information content (AvgIpc) is 2.68. The van der Waals surface area contributed by atoms with E-state index >= 15 is 0 Å². The molecule has 2 rings (SSSR count). The van der Waals surface area contributed by atoms with E-state index in [4.69, 9.17) is 5.73 Å². The summed E-state index contributed by atoms with van der Waals surface area (Å²) in [6, 6.07) is 5.51. The molecule has 92 valence electrons. The lowest BCUT2D eigenvalue weighted by Gasteiger charge is -2.16. The third-order valence-electron chi connectivity index (χ3n) is 3.47. The van der Waals surface area contributed by atoms with Crippen molar-refractivity contribution in [3.63, 3.8) is 0 Å². The van der Waals surface area contributed by atoms with Gasteiger partial charge >= 0.3 is 0 Å². The Morgan fingerprint density at radius 2 is 2.24 bits per heavy atom. The van der Waals surface area contributed by atoms with Gasteiger partial charge in [-0.15, -0.1) is 0 Å². The van der Waals surface area contributed by atoms with Crippen molar-refractivity contribution in [1.82, 2.24) is 0 Å². The second-order valence-corrected chi connectivity index (χ2v) is 5.65. The van der Waals surface area contributed by atoms with E-state index in [0.717, 1.165) is 23.7 Å². The molecule has 2 unspecified atom stereocenters. The van der Waals surface area contributed by atoms with Gasteiger partial charge in [-0.2, -0.15) is 0 Å². The van der Waals surface area contributed by atoms with Crippen LogP contribution < -0.4 is 11.1 Å². The number of anilines is 2. The van der Waals surface area contributed by atoms with Crippen LogP contribution in [-0.2, 0) is 4.79 Å². The molecule has 17 heavy (non-hydrogen) atoms. The van der Waals surface area contributed by atoms with Gasteiger partial charge in [-0.25, -0.2) is 0 Å². The van der Waals surface area contributed by atoms with Crippen LogP contribution in [0.2, 0.25) is 0 Å². The summed E-state index contributed by atoms with van der Waals surface area (Å²) in [5.74, 6) is 0.716. The molecule has 1 amide bonds. The second-order valence-electron chi connectivity index (χ2n) is 4.74. The minimum absolute atomic E-state index is 0.101. The van der Waals surface area contributed by atoms with E-state index in [1.165, 1.54) is 0 Å². The third-order valence-corrected chi connectivity index (χ3v) is 3.96. The van der Waals surface area contributed by atoms with E-state index < -0.39 is 0 Å². The van der Waals surface area contributed by atoms with Crippen molar-refractivity contribution < 1.29 is 4.79 Å². The summed E-state index contributed by atoms with van der Waals surface area (Å²) in [5.41, 5.74) is 7.16. The summed E-state index contributed by atoms with van der Waals surface area (Å²) in [7, 11) is 0. The van der Waals surface area contributed by atoms with Gasteiger partial charge in [0.05, 0.1) is 11.4 Å². The Labute approximate surface area is 110 Å². The molecular weight excluding hydrogens is 280 g/mol. The molecule has 1 fully saturated rings. The summed E-state index contributed by atoms with van der Waals surface area (Å²) >= 11 is 3.35. The van der Waals surface area contributed by atoms with E-state index in [-0.39, 0.29) is 11.8 Å². The highest BCUT2D eigenvalue weighted by Crippen LogP contribution is 2.32. The number of hydrogen-bond donors (Lipinski definition) is 2. The van der Waals surface area contributed by atoms with Crippen LogP contribution in [-0.4, -0.2) is 5.91 Å². The quantitative estimate of drug-likeness (QED) is 0.822. The van der Waals surface area contributed by atoms with E-state index in [0.29, 0.717) is 17.3 Å². The van der Waals surface area contributed by atoms with Gasteiger partial charge in [0.2, 0.25) is 5.91 Å². The molecule has 0 heterocycles. The number of rotatable bonds is 2. The lowest BCUT2D eigenvalue weighted by Crippen LogP contribution is -2.24. The fraction of sp³-hybridized carbons (Fsp3) is 0.462. The Morgan fingerprint density at radius 3 is 2.82 bits per heavy atom. The number of nitrogens with one attached hydrogen (secondary N) is 1. The number of amides is 1. The van der Waals surface area contributed by atoms with Crippen molar-refractivity contribution in [2.24, 2.45) is 11.8 Å². The van der Waals surface area contributed by atoms with E-state index in [1.54, 1.807) is 6.07 Å². The van der Waals surface area contributed by atoms with Crippen molar-refractivity contribution in [3.8, 4) is 0 Å². The summed E-state index contributed by atoms with van der Waals surface area (Å²) < 4.78 is 0.919. The zero-order chi connectivity index (χ0) is 12.4. The van der Waals surface area contributed by atoms with Crippen LogP contribution in [0.25, 0.3) is 0 Å². The first-order chi connectivity index (χ1) is 8.08. The minimum atomic E-state index is 0.101. The van der Waals surface area contributed by atoms with Crippen LogP contribution >= 0.6 is 15.9 Å². The van der Waals surface area contributed by atoms with E-state index in [9.17, 15) is 4.79 Å². The molecule has 0 aromatic heterocycles. The van der Waals surface area contributed by atoms with E-state index in [2.05, 4.69) is 28.2 Å². The molecule has 0 radical (unpaired) electrons. The molecule has 1 aromatic rings. The Balaban J connectivity index is 2.07. The van der Waals surface area contributed by atoms with Crippen LogP contribution in [0.5, 0.6) is 0 Å². The van der Waals surface area contributed by atoms with Gasteiger partial charge in [0.1, 0.15) is 0 Å². The second kappa shape index (κ2) is 5.08. The van der Waals surface area contributed by atoms with Crippen LogP contribution in [0.4, 0.5) is 11.4 Å². The first-order valence-electron chi connectivity index (χ1n) is 5.94. The Bertz CT molecular complexity index is 433. The van der Waals surface area contributed by atoms with Crippen LogP contribution in [0.1, 0.15) is 26.2 Å².